The van der Waals surface area contributed by atoms with E-state index in [0.29, 0.717) is 10.3 Å². The molecule has 0 aliphatic rings. The molecule has 0 amide bonds. The zero-order valence-corrected chi connectivity index (χ0v) is 14.8. The smallest absolute Gasteiger partial charge is 0.387 e. The van der Waals surface area contributed by atoms with Crippen molar-refractivity contribution in [2.24, 2.45) is 14.1 Å². The Morgan fingerprint density at radius 3 is 2.56 bits per heavy atom. The molecule has 10 heteroatoms. The second-order valence-electron chi connectivity index (χ2n) is 5.33. The van der Waals surface area contributed by atoms with Gasteiger partial charge in [-0.15, -0.1) is 0 Å². The largest absolute Gasteiger partial charge is 0.434 e. The van der Waals surface area contributed by atoms with E-state index in [4.69, 9.17) is 0 Å². The molecule has 0 unspecified atom stereocenters. The first-order valence-electron chi connectivity index (χ1n) is 7.15. The van der Waals surface area contributed by atoms with Crippen molar-refractivity contribution in [3.8, 4) is 5.75 Å². The van der Waals surface area contributed by atoms with Crippen LogP contribution in [0.2, 0.25) is 0 Å². The van der Waals surface area contributed by atoms with Gasteiger partial charge in [0.05, 0.1) is 6.54 Å². The first kappa shape index (κ1) is 17.3. The van der Waals surface area contributed by atoms with Crippen molar-refractivity contribution >= 4 is 27.1 Å². The van der Waals surface area contributed by atoms with Gasteiger partial charge in [0.15, 0.2) is 15.9 Å². The molecule has 0 N–H and O–H groups in total. The molecule has 2 aromatic heterocycles. The number of rotatable bonds is 4. The summed E-state index contributed by atoms with van der Waals surface area (Å²) in [5.74, 6) is 0.0140. The zero-order chi connectivity index (χ0) is 18.3. The normalized spacial score (nSPS) is 11.4. The van der Waals surface area contributed by atoms with Gasteiger partial charge in [0, 0.05) is 19.7 Å². The van der Waals surface area contributed by atoms with Gasteiger partial charge < -0.3 is 4.74 Å². The molecule has 0 saturated heterocycles. The number of imidazole rings is 1. The highest BCUT2D eigenvalue weighted by molar-refractivity contribution is 9.10. The van der Waals surface area contributed by atoms with Gasteiger partial charge >= 0.3 is 12.3 Å². The Hall–Kier alpha value is -2.49. The molecule has 0 saturated carbocycles. The van der Waals surface area contributed by atoms with E-state index in [2.05, 4.69) is 25.7 Å². The number of halogens is 3. The van der Waals surface area contributed by atoms with Gasteiger partial charge in [-0.25, -0.2) is 9.78 Å². The summed E-state index contributed by atoms with van der Waals surface area (Å²) in [4.78, 5) is 28.6. The Bertz CT molecular complexity index is 1070. The van der Waals surface area contributed by atoms with Crippen LogP contribution in [0.5, 0.6) is 5.75 Å². The summed E-state index contributed by atoms with van der Waals surface area (Å²) in [6.45, 7) is -2.87. The third-order valence-corrected chi connectivity index (χ3v) is 4.42. The van der Waals surface area contributed by atoms with Gasteiger partial charge in [0.2, 0.25) is 0 Å². The predicted octanol–water partition coefficient (Wildman–Crippen LogP) is 1.85. The van der Waals surface area contributed by atoms with Crippen molar-refractivity contribution in [3.63, 3.8) is 0 Å². The standard InChI is InChI=1S/C15H13BrF2N4O3/c1-20-11-10(12(23)21(2)15(20)24)19-13(16)22(11)7-8-5-3-4-6-9(8)25-14(17)18/h3-6,14H,7H2,1-2H3. The molecule has 1 aromatic carbocycles. The van der Waals surface area contributed by atoms with Gasteiger partial charge in [-0.2, -0.15) is 8.78 Å². The molecule has 0 aliphatic carbocycles. The highest BCUT2D eigenvalue weighted by atomic mass is 79.9. The van der Waals surface area contributed by atoms with Gasteiger partial charge in [0.25, 0.3) is 5.56 Å². The van der Waals surface area contributed by atoms with E-state index in [1.54, 1.807) is 22.8 Å². The summed E-state index contributed by atoms with van der Waals surface area (Å²) >= 11 is 3.26. The van der Waals surface area contributed by atoms with E-state index in [1.807, 2.05) is 0 Å². The molecule has 0 fully saturated rings. The first-order chi connectivity index (χ1) is 11.8. The molecule has 25 heavy (non-hydrogen) atoms. The topological polar surface area (TPSA) is 71.0 Å². The minimum Gasteiger partial charge on any atom is -0.434 e. The van der Waals surface area contributed by atoms with Crippen LogP contribution in [0.15, 0.2) is 38.6 Å². The number of aromatic nitrogens is 4. The Kier molecular flexibility index (Phi) is 4.46. The predicted molar refractivity (Wildman–Crippen MR) is 90.1 cm³/mol. The summed E-state index contributed by atoms with van der Waals surface area (Å²) in [7, 11) is 2.87. The molecule has 132 valence electrons. The minimum atomic E-state index is -2.96. The van der Waals surface area contributed by atoms with Gasteiger partial charge in [-0.1, -0.05) is 18.2 Å². The van der Waals surface area contributed by atoms with Crippen LogP contribution in [0, 0.1) is 0 Å². The number of ether oxygens (including phenoxy) is 1. The summed E-state index contributed by atoms with van der Waals surface area (Å²) in [5.41, 5.74) is -0.204. The number of nitrogens with zero attached hydrogens (tertiary/aromatic N) is 4. The van der Waals surface area contributed by atoms with Gasteiger partial charge in [-0.05, 0) is 22.0 Å². The minimum absolute atomic E-state index is 0.0140. The maximum Gasteiger partial charge on any atom is 0.387 e. The average Bonchev–Trinajstić information content (AvgIpc) is 2.89. The fourth-order valence-corrected chi connectivity index (χ4v) is 3.09. The van der Waals surface area contributed by atoms with Crippen LogP contribution in [0.1, 0.15) is 5.56 Å². The van der Waals surface area contributed by atoms with Crippen molar-refractivity contribution in [2.75, 3.05) is 0 Å². The monoisotopic (exact) mass is 414 g/mol. The van der Waals surface area contributed by atoms with Crippen LogP contribution < -0.4 is 16.0 Å². The number of para-hydroxylation sites is 1. The molecule has 0 spiro atoms. The van der Waals surface area contributed by atoms with E-state index in [0.717, 1.165) is 4.57 Å². The van der Waals surface area contributed by atoms with Crippen molar-refractivity contribution in [1.29, 1.82) is 0 Å². The Labute approximate surface area is 148 Å². The van der Waals surface area contributed by atoms with Crippen molar-refractivity contribution in [3.05, 3.63) is 55.4 Å². The Balaban J connectivity index is 2.20. The quantitative estimate of drug-likeness (QED) is 0.610. The van der Waals surface area contributed by atoms with Crippen LogP contribution >= 0.6 is 15.9 Å². The van der Waals surface area contributed by atoms with Crippen molar-refractivity contribution in [2.45, 2.75) is 13.2 Å². The molecule has 0 atom stereocenters. The van der Waals surface area contributed by atoms with Crippen LogP contribution in [0.4, 0.5) is 8.78 Å². The molecule has 2 heterocycles. The van der Waals surface area contributed by atoms with Crippen LogP contribution in [0.3, 0.4) is 0 Å². The fraction of sp³-hybridized carbons (Fsp3) is 0.267. The number of aryl methyl sites for hydroxylation is 1. The second kappa shape index (κ2) is 6.43. The lowest BCUT2D eigenvalue weighted by Crippen LogP contribution is -2.37. The lowest BCUT2D eigenvalue weighted by atomic mass is 10.2. The summed E-state index contributed by atoms with van der Waals surface area (Å²) in [6.07, 6.45) is 0. The SMILES string of the molecule is Cn1c(=O)c2nc(Br)n(Cc3ccccc3OC(F)F)c2n(C)c1=O. The lowest BCUT2D eigenvalue weighted by Gasteiger charge is -2.13. The van der Waals surface area contributed by atoms with E-state index in [9.17, 15) is 18.4 Å². The number of hydrogen-bond acceptors (Lipinski definition) is 4. The Morgan fingerprint density at radius 2 is 1.88 bits per heavy atom. The highest BCUT2D eigenvalue weighted by Gasteiger charge is 2.19. The van der Waals surface area contributed by atoms with E-state index in [1.165, 1.54) is 24.7 Å². The number of alkyl halides is 2. The summed E-state index contributed by atoms with van der Waals surface area (Å²) in [6, 6.07) is 6.30. The Morgan fingerprint density at radius 1 is 1.20 bits per heavy atom. The van der Waals surface area contributed by atoms with Crippen molar-refractivity contribution in [1.82, 2.24) is 18.7 Å². The third-order valence-electron chi connectivity index (χ3n) is 3.81. The first-order valence-corrected chi connectivity index (χ1v) is 7.95. The molecular weight excluding hydrogens is 402 g/mol. The maximum absolute atomic E-state index is 12.6. The fourth-order valence-electron chi connectivity index (χ4n) is 2.62. The van der Waals surface area contributed by atoms with Gasteiger partial charge in [0.1, 0.15) is 5.75 Å². The third kappa shape index (κ3) is 2.97. The van der Waals surface area contributed by atoms with E-state index >= 15 is 0 Å². The lowest BCUT2D eigenvalue weighted by molar-refractivity contribution is -0.0504. The average molecular weight is 415 g/mol. The molecule has 0 aliphatic heterocycles. The maximum atomic E-state index is 12.6. The highest BCUT2D eigenvalue weighted by Crippen LogP contribution is 2.25. The molecule has 7 nitrogen and oxygen atoms in total. The molecule has 0 radical (unpaired) electrons. The molecular formula is C15H13BrF2N4O3. The van der Waals surface area contributed by atoms with Crippen LogP contribution in [0.25, 0.3) is 11.2 Å². The van der Waals surface area contributed by atoms with Crippen molar-refractivity contribution < 1.29 is 13.5 Å². The molecule has 3 rings (SSSR count). The second-order valence-corrected chi connectivity index (χ2v) is 6.04. The molecule has 0 bridgehead atoms. The van der Waals surface area contributed by atoms with Crippen LogP contribution in [-0.4, -0.2) is 25.3 Å². The number of benzene rings is 1. The summed E-state index contributed by atoms with van der Waals surface area (Å²) < 4.78 is 33.8. The number of hydrogen-bond donors (Lipinski definition) is 0. The zero-order valence-electron chi connectivity index (χ0n) is 13.2. The van der Waals surface area contributed by atoms with Gasteiger partial charge in [-0.3, -0.25) is 18.5 Å². The van der Waals surface area contributed by atoms with Crippen LogP contribution in [-0.2, 0) is 20.6 Å². The van der Waals surface area contributed by atoms with E-state index < -0.39 is 17.9 Å². The number of fused-ring (bicyclic) bond motifs is 1. The molecule has 3 aromatic rings. The van der Waals surface area contributed by atoms with E-state index in [-0.39, 0.29) is 23.5 Å². The summed E-state index contributed by atoms with van der Waals surface area (Å²) in [5, 5.41) is 0.